The third kappa shape index (κ3) is 4.12. The highest BCUT2D eigenvalue weighted by Crippen LogP contribution is 2.28. The summed E-state index contributed by atoms with van der Waals surface area (Å²) in [5, 5.41) is 0.856. The molecule has 0 spiro atoms. The number of halogens is 1. The van der Waals surface area contributed by atoms with Crippen LogP contribution in [-0.4, -0.2) is 40.4 Å². The van der Waals surface area contributed by atoms with Gasteiger partial charge >= 0.3 is 0 Å². The highest BCUT2D eigenvalue weighted by atomic mass is 19.1. The van der Waals surface area contributed by atoms with E-state index < -0.39 is 5.91 Å². The average molecular weight is 392 g/mol. The van der Waals surface area contributed by atoms with Crippen molar-refractivity contribution in [3.63, 3.8) is 0 Å². The normalized spacial score (nSPS) is 15.2. The largest absolute Gasteiger partial charge is 0.366 e. The number of nitrogens with zero attached hydrogens (tertiary/aromatic N) is 3. The highest BCUT2D eigenvalue weighted by molar-refractivity contribution is 6.05. The van der Waals surface area contributed by atoms with E-state index in [2.05, 4.69) is 9.88 Å². The fourth-order valence-electron chi connectivity index (χ4n) is 3.91. The molecule has 1 aliphatic rings. The number of hydrogen-bond donors (Lipinski definition) is 1. The van der Waals surface area contributed by atoms with Crippen LogP contribution in [0.3, 0.4) is 0 Å². The third-order valence-corrected chi connectivity index (χ3v) is 5.64. The maximum Gasteiger partial charge on any atom is 0.250 e. The van der Waals surface area contributed by atoms with E-state index in [0.717, 1.165) is 36.3 Å². The fourth-order valence-corrected chi connectivity index (χ4v) is 3.91. The van der Waals surface area contributed by atoms with Crippen molar-refractivity contribution in [1.82, 2.24) is 14.9 Å². The van der Waals surface area contributed by atoms with Gasteiger partial charge in [-0.05, 0) is 49.7 Å². The van der Waals surface area contributed by atoms with Gasteiger partial charge in [-0.2, -0.15) is 0 Å². The smallest absolute Gasteiger partial charge is 0.250 e. The molecular formula is C23H25FN4O. The monoisotopic (exact) mass is 392 g/mol. The van der Waals surface area contributed by atoms with Crippen LogP contribution in [0.15, 0.2) is 42.5 Å². The molecule has 150 valence electrons. The fraction of sp³-hybridized carbons (Fsp3) is 0.348. The number of carbonyl (C=O) groups excluding carboxylic acids is 1. The zero-order valence-electron chi connectivity index (χ0n) is 16.6. The molecule has 1 aliphatic heterocycles. The predicted molar refractivity (Wildman–Crippen MR) is 111 cm³/mol. The lowest BCUT2D eigenvalue weighted by molar-refractivity contribution is 0.100. The van der Waals surface area contributed by atoms with Gasteiger partial charge in [0.2, 0.25) is 0 Å². The molecule has 3 aromatic rings. The second kappa shape index (κ2) is 8.25. The Morgan fingerprint density at radius 3 is 2.55 bits per heavy atom. The van der Waals surface area contributed by atoms with Gasteiger partial charge in [0.25, 0.3) is 5.91 Å². The molecule has 0 radical (unpaired) electrons. The molecule has 5 nitrogen and oxygen atoms in total. The van der Waals surface area contributed by atoms with Gasteiger partial charge < -0.3 is 10.6 Å². The first kappa shape index (κ1) is 19.5. The molecule has 0 aliphatic carbocycles. The predicted octanol–water partition coefficient (Wildman–Crippen LogP) is 3.46. The van der Waals surface area contributed by atoms with Crippen molar-refractivity contribution in [2.24, 2.45) is 5.73 Å². The van der Waals surface area contributed by atoms with Gasteiger partial charge in [0.05, 0.1) is 16.8 Å². The number of amides is 1. The number of para-hydroxylation sites is 1. The van der Waals surface area contributed by atoms with Crippen LogP contribution in [0.4, 0.5) is 4.39 Å². The van der Waals surface area contributed by atoms with Gasteiger partial charge in [0, 0.05) is 24.3 Å². The van der Waals surface area contributed by atoms with Crippen LogP contribution in [0.25, 0.3) is 10.9 Å². The van der Waals surface area contributed by atoms with Crippen LogP contribution in [0, 0.1) is 5.82 Å². The molecule has 2 N–H and O–H groups in total. The van der Waals surface area contributed by atoms with E-state index in [-0.39, 0.29) is 11.7 Å². The van der Waals surface area contributed by atoms with Gasteiger partial charge in [0.15, 0.2) is 0 Å². The molecular weight excluding hydrogens is 367 g/mol. The maximum atomic E-state index is 13.5. The lowest BCUT2D eigenvalue weighted by atomic mass is 9.91. The summed E-state index contributed by atoms with van der Waals surface area (Å²) >= 11 is 0. The van der Waals surface area contributed by atoms with Crippen molar-refractivity contribution in [2.75, 3.05) is 19.6 Å². The van der Waals surface area contributed by atoms with Gasteiger partial charge in [0.1, 0.15) is 11.6 Å². The number of carbonyl (C=O) groups is 1. The molecule has 2 heterocycles. The molecule has 29 heavy (non-hydrogen) atoms. The molecule has 1 atom stereocenters. The number of aromatic nitrogens is 2. The number of nitrogens with two attached hydrogens (primary N) is 1. The minimum absolute atomic E-state index is 0.177. The SMILES string of the molecule is CCc1nc(C[C@H](CN2CCC2)c2ccc(F)cc2)c2cccc(C(N)=O)c2n1. The number of benzene rings is 2. The van der Waals surface area contributed by atoms with E-state index in [4.69, 9.17) is 10.7 Å². The van der Waals surface area contributed by atoms with Crippen LogP contribution >= 0.6 is 0 Å². The third-order valence-electron chi connectivity index (χ3n) is 5.64. The Morgan fingerprint density at radius 2 is 1.93 bits per heavy atom. The van der Waals surface area contributed by atoms with E-state index >= 15 is 0 Å². The number of likely N-dealkylation sites (tertiary alicyclic amines) is 1. The topological polar surface area (TPSA) is 72.1 Å². The minimum Gasteiger partial charge on any atom is -0.366 e. The van der Waals surface area contributed by atoms with Crippen LogP contribution in [0.1, 0.15) is 46.7 Å². The molecule has 0 saturated carbocycles. The van der Waals surface area contributed by atoms with Crippen LogP contribution in [-0.2, 0) is 12.8 Å². The summed E-state index contributed by atoms with van der Waals surface area (Å²) in [6, 6.07) is 12.2. The van der Waals surface area contributed by atoms with Gasteiger partial charge in [-0.1, -0.05) is 31.2 Å². The number of hydrogen-bond acceptors (Lipinski definition) is 4. The van der Waals surface area contributed by atoms with Crippen molar-refractivity contribution in [3.05, 3.63) is 70.9 Å². The van der Waals surface area contributed by atoms with Crippen molar-refractivity contribution < 1.29 is 9.18 Å². The summed E-state index contributed by atoms with van der Waals surface area (Å²) in [4.78, 5) is 23.7. The summed E-state index contributed by atoms with van der Waals surface area (Å²) in [6.07, 6.45) is 2.58. The first-order valence-corrected chi connectivity index (χ1v) is 10.1. The van der Waals surface area contributed by atoms with E-state index in [0.29, 0.717) is 29.7 Å². The summed E-state index contributed by atoms with van der Waals surface area (Å²) < 4.78 is 13.5. The molecule has 0 unspecified atom stereocenters. The number of aryl methyl sites for hydroxylation is 1. The Balaban J connectivity index is 1.77. The number of primary amides is 1. The summed E-state index contributed by atoms with van der Waals surface area (Å²) in [7, 11) is 0. The molecule has 0 bridgehead atoms. The highest BCUT2D eigenvalue weighted by Gasteiger charge is 2.23. The summed E-state index contributed by atoms with van der Waals surface area (Å²) in [6.45, 7) is 5.08. The molecule has 4 rings (SSSR count). The zero-order valence-corrected chi connectivity index (χ0v) is 16.6. The molecule has 1 aromatic heterocycles. The molecule has 1 saturated heterocycles. The Bertz CT molecular complexity index is 1030. The van der Waals surface area contributed by atoms with Gasteiger partial charge in [-0.3, -0.25) is 4.79 Å². The van der Waals surface area contributed by atoms with Crippen molar-refractivity contribution in [3.8, 4) is 0 Å². The quantitative estimate of drug-likeness (QED) is 0.668. The maximum absolute atomic E-state index is 13.5. The lowest BCUT2D eigenvalue weighted by Gasteiger charge is -2.34. The molecule has 2 aromatic carbocycles. The molecule has 6 heteroatoms. The second-order valence-electron chi connectivity index (χ2n) is 7.61. The summed E-state index contributed by atoms with van der Waals surface area (Å²) in [5.41, 5.74) is 8.61. The van der Waals surface area contributed by atoms with E-state index in [1.807, 2.05) is 31.2 Å². The van der Waals surface area contributed by atoms with Gasteiger partial charge in [-0.25, -0.2) is 14.4 Å². The van der Waals surface area contributed by atoms with Crippen LogP contribution < -0.4 is 5.73 Å². The number of rotatable bonds is 7. The Kier molecular flexibility index (Phi) is 5.53. The van der Waals surface area contributed by atoms with Crippen LogP contribution in [0.2, 0.25) is 0 Å². The molecule has 1 amide bonds. The van der Waals surface area contributed by atoms with E-state index in [9.17, 15) is 9.18 Å². The standard InChI is InChI=1S/C23H25FN4O/c1-2-21-26-20(18-5-3-6-19(23(25)29)22(18)27-21)13-16(14-28-11-4-12-28)15-7-9-17(24)10-8-15/h3,5-10,16H,2,4,11-14H2,1H3,(H2,25,29)/t16-/m1/s1. The molecule has 1 fully saturated rings. The van der Waals surface area contributed by atoms with Crippen LogP contribution in [0.5, 0.6) is 0 Å². The van der Waals surface area contributed by atoms with Crippen molar-refractivity contribution in [2.45, 2.75) is 32.1 Å². The van der Waals surface area contributed by atoms with Gasteiger partial charge in [-0.15, -0.1) is 0 Å². The minimum atomic E-state index is -0.488. The number of fused-ring (bicyclic) bond motifs is 1. The zero-order chi connectivity index (χ0) is 20.4. The van der Waals surface area contributed by atoms with Crippen molar-refractivity contribution in [1.29, 1.82) is 0 Å². The summed E-state index contributed by atoms with van der Waals surface area (Å²) in [5.74, 6) is 0.153. The van der Waals surface area contributed by atoms with E-state index in [1.165, 1.54) is 18.6 Å². The second-order valence-corrected chi connectivity index (χ2v) is 7.61. The Labute approximate surface area is 169 Å². The average Bonchev–Trinajstić information content (AvgIpc) is 2.69. The Morgan fingerprint density at radius 1 is 1.17 bits per heavy atom. The lowest BCUT2D eigenvalue weighted by Crippen LogP contribution is -2.40. The first-order chi connectivity index (χ1) is 14.0. The first-order valence-electron chi connectivity index (χ1n) is 10.1. The van der Waals surface area contributed by atoms with E-state index in [1.54, 1.807) is 6.07 Å². The van der Waals surface area contributed by atoms with Crippen molar-refractivity contribution >= 4 is 16.8 Å². The Hall–Kier alpha value is -2.86.